The minimum absolute atomic E-state index is 0.0274. The molecule has 2 aliphatic rings. The monoisotopic (exact) mass is 397 g/mol. The number of likely N-dealkylation sites (tertiary alicyclic amines) is 1. The fraction of sp³-hybridized carbons (Fsp3) is 0.571. The van der Waals surface area contributed by atoms with Crippen molar-refractivity contribution in [3.8, 4) is 0 Å². The number of anilines is 1. The van der Waals surface area contributed by atoms with Crippen molar-refractivity contribution in [3.05, 3.63) is 24.7 Å². The summed E-state index contributed by atoms with van der Waals surface area (Å²) < 4.78 is 5.12. The molecule has 2 fully saturated rings. The lowest BCUT2D eigenvalue weighted by Crippen LogP contribution is -2.48. The van der Waals surface area contributed by atoms with Crippen molar-refractivity contribution in [3.63, 3.8) is 0 Å². The summed E-state index contributed by atoms with van der Waals surface area (Å²) in [5.41, 5.74) is 2.38. The zero-order valence-electron chi connectivity index (χ0n) is 16.8. The Bertz CT molecular complexity index is 882. The van der Waals surface area contributed by atoms with Gasteiger partial charge in [-0.05, 0) is 38.7 Å². The molecule has 0 spiro atoms. The van der Waals surface area contributed by atoms with Crippen LogP contribution in [0.2, 0.25) is 0 Å². The number of carbonyl (C=O) groups is 2. The summed E-state index contributed by atoms with van der Waals surface area (Å²) in [5, 5.41) is 0. The molecule has 0 aromatic carbocycles. The van der Waals surface area contributed by atoms with Crippen LogP contribution in [0.4, 0.5) is 5.69 Å². The van der Waals surface area contributed by atoms with Crippen LogP contribution in [0.3, 0.4) is 0 Å². The lowest BCUT2D eigenvalue weighted by Gasteiger charge is -2.38. The molecule has 154 valence electrons. The fourth-order valence-electron chi connectivity index (χ4n) is 4.29. The van der Waals surface area contributed by atoms with Crippen molar-refractivity contribution in [1.29, 1.82) is 0 Å². The van der Waals surface area contributed by atoms with Crippen LogP contribution in [0.5, 0.6) is 0 Å². The molecule has 4 rings (SSSR count). The van der Waals surface area contributed by atoms with E-state index in [1.807, 2.05) is 24.1 Å². The molecule has 0 unspecified atom stereocenters. The summed E-state index contributed by atoms with van der Waals surface area (Å²) in [6, 6.07) is 1.99. The molecule has 2 saturated heterocycles. The Balaban J connectivity index is 1.38. The highest BCUT2D eigenvalue weighted by molar-refractivity contribution is 5.81. The third-order valence-corrected chi connectivity index (χ3v) is 5.87. The van der Waals surface area contributed by atoms with Gasteiger partial charge in [0.1, 0.15) is 5.52 Å². The molecule has 0 N–H and O–H groups in total. The Morgan fingerprint density at radius 1 is 1.07 bits per heavy atom. The van der Waals surface area contributed by atoms with Crippen LogP contribution in [-0.4, -0.2) is 64.5 Å². The van der Waals surface area contributed by atoms with Gasteiger partial charge in [0, 0.05) is 38.6 Å². The minimum atomic E-state index is -0.129. The molecule has 0 aliphatic carbocycles. The molecule has 2 aromatic heterocycles. The predicted molar refractivity (Wildman–Crippen MR) is 108 cm³/mol. The highest BCUT2D eigenvalue weighted by atomic mass is 16.5. The quantitative estimate of drug-likeness (QED) is 0.730. The van der Waals surface area contributed by atoms with Crippen LogP contribution < -0.4 is 4.90 Å². The largest absolute Gasteiger partial charge is 0.466 e. The summed E-state index contributed by atoms with van der Waals surface area (Å²) in [5.74, 6) is -0.0343. The average Bonchev–Trinajstić information content (AvgIpc) is 2.78. The molecule has 1 amide bonds. The number of piperidine rings is 2. The van der Waals surface area contributed by atoms with Crippen LogP contribution in [0, 0.1) is 11.8 Å². The second-order valence-corrected chi connectivity index (χ2v) is 7.73. The van der Waals surface area contributed by atoms with Gasteiger partial charge >= 0.3 is 5.97 Å². The zero-order chi connectivity index (χ0) is 20.2. The third kappa shape index (κ3) is 4.31. The summed E-state index contributed by atoms with van der Waals surface area (Å²) >= 11 is 0. The van der Waals surface area contributed by atoms with E-state index in [0.717, 1.165) is 30.6 Å². The van der Waals surface area contributed by atoms with Crippen molar-refractivity contribution in [1.82, 2.24) is 19.9 Å². The molecule has 1 atom stereocenters. The van der Waals surface area contributed by atoms with E-state index in [0.29, 0.717) is 44.7 Å². The van der Waals surface area contributed by atoms with Gasteiger partial charge in [-0.2, -0.15) is 0 Å². The zero-order valence-corrected chi connectivity index (χ0v) is 16.8. The van der Waals surface area contributed by atoms with E-state index in [2.05, 4.69) is 19.9 Å². The van der Waals surface area contributed by atoms with Gasteiger partial charge in [0.25, 0.3) is 0 Å². The Morgan fingerprint density at radius 3 is 2.66 bits per heavy atom. The number of ether oxygens (including phenoxy) is 1. The molecule has 2 aromatic rings. The Hall–Kier alpha value is -2.77. The smallest absolute Gasteiger partial charge is 0.309 e. The second-order valence-electron chi connectivity index (χ2n) is 7.73. The molecule has 4 heterocycles. The normalized spacial score (nSPS) is 20.7. The number of amides is 1. The van der Waals surface area contributed by atoms with Crippen LogP contribution in [0.15, 0.2) is 24.7 Å². The number of carbonyl (C=O) groups excluding carboxylic acids is 2. The Kier molecular flexibility index (Phi) is 5.87. The standard InChI is InChI=1S/C21H27N5O3/c1-2-29-21(28)15-5-10-25(11-6-15)20(27)16-4-3-9-26(14-16)17-12-18-19(24-13-17)23-8-7-22-18/h7-8,12-13,15-16H,2-6,9-11,14H2,1H3/t16-/m1/s1. The molecule has 0 bridgehead atoms. The van der Waals surface area contributed by atoms with Gasteiger partial charge in [-0.1, -0.05) is 0 Å². The van der Waals surface area contributed by atoms with E-state index >= 15 is 0 Å². The topological polar surface area (TPSA) is 88.5 Å². The second kappa shape index (κ2) is 8.71. The first-order valence-electron chi connectivity index (χ1n) is 10.4. The number of hydrogen-bond acceptors (Lipinski definition) is 7. The maximum Gasteiger partial charge on any atom is 0.309 e. The van der Waals surface area contributed by atoms with Gasteiger partial charge < -0.3 is 14.5 Å². The van der Waals surface area contributed by atoms with Gasteiger partial charge in [0.2, 0.25) is 5.91 Å². The van der Waals surface area contributed by atoms with Gasteiger partial charge in [-0.15, -0.1) is 0 Å². The molecular formula is C21H27N5O3. The number of nitrogens with zero attached hydrogens (tertiary/aromatic N) is 5. The molecule has 0 saturated carbocycles. The number of aromatic nitrogens is 3. The summed E-state index contributed by atoms with van der Waals surface area (Å²) in [6.45, 7) is 5.08. The molecule has 29 heavy (non-hydrogen) atoms. The number of pyridine rings is 1. The predicted octanol–water partition coefficient (Wildman–Crippen LogP) is 2.04. The van der Waals surface area contributed by atoms with Crippen LogP contribution >= 0.6 is 0 Å². The average molecular weight is 397 g/mol. The van der Waals surface area contributed by atoms with E-state index in [9.17, 15) is 9.59 Å². The van der Waals surface area contributed by atoms with Crippen molar-refractivity contribution in [2.75, 3.05) is 37.7 Å². The lowest BCUT2D eigenvalue weighted by atomic mass is 9.92. The van der Waals surface area contributed by atoms with Crippen LogP contribution in [0.1, 0.15) is 32.6 Å². The van der Waals surface area contributed by atoms with Crippen molar-refractivity contribution < 1.29 is 14.3 Å². The Labute approximate surface area is 170 Å². The molecule has 0 radical (unpaired) electrons. The summed E-state index contributed by atoms with van der Waals surface area (Å²) in [4.78, 5) is 42.1. The molecule has 8 nitrogen and oxygen atoms in total. The summed E-state index contributed by atoms with van der Waals surface area (Å²) in [7, 11) is 0. The third-order valence-electron chi connectivity index (χ3n) is 5.87. The number of rotatable bonds is 4. The Morgan fingerprint density at radius 2 is 1.86 bits per heavy atom. The fourth-order valence-corrected chi connectivity index (χ4v) is 4.29. The van der Waals surface area contributed by atoms with E-state index in [1.54, 1.807) is 12.4 Å². The van der Waals surface area contributed by atoms with E-state index in [4.69, 9.17) is 4.74 Å². The van der Waals surface area contributed by atoms with Crippen LogP contribution in [0.25, 0.3) is 11.2 Å². The van der Waals surface area contributed by atoms with E-state index in [1.165, 1.54) is 0 Å². The number of esters is 1. The SMILES string of the molecule is CCOC(=O)C1CCN(C(=O)[C@@H]2CCCN(c3cnc4nccnc4c3)C2)CC1. The van der Waals surface area contributed by atoms with Gasteiger partial charge in [0.05, 0.1) is 30.3 Å². The van der Waals surface area contributed by atoms with Crippen molar-refractivity contribution >= 4 is 28.7 Å². The van der Waals surface area contributed by atoms with Crippen LogP contribution in [-0.2, 0) is 14.3 Å². The lowest BCUT2D eigenvalue weighted by molar-refractivity contribution is -0.151. The van der Waals surface area contributed by atoms with Crippen molar-refractivity contribution in [2.45, 2.75) is 32.6 Å². The van der Waals surface area contributed by atoms with Gasteiger partial charge in [-0.3, -0.25) is 14.6 Å². The number of fused-ring (bicyclic) bond motifs is 1. The highest BCUT2D eigenvalue weighted by Crippen LogP contribution is 2.27. The van der Waals surface area contributed by atoms with Crippen molar-refractivity contribution in [2.24, 2.45) is 11.8 Å². The first-order valence-corrected chi connectivity index (χ1v) is 10.4. The van der Waals surface area contributed by atoms with E-state index < -0.39 is 0 Å². The van der Waals surface area contributed by atoms with E-state index in [-0.39, 0.29) is 23.7 Å². The first kappa shape index (κ1) is 19.5. The molecular weight excluding hydrogens is 370 g/mol. The summed E-state index contributed by atoms with van der Waals surface area (Å²) in [6.07, 6.45) is 8.35. The minimum Gasteiger partial charge on any atom is -0.466 e. The molecule has 8 heteroatoms. The maximum absolute atomic E-state index is 13.1. The van der Waals surface area contributed by atoms with Gasteiger partial charge in [0.15, 0.2) is 5.65 Å². The first-order chi connectivity index (χ1) is 14.2. The van der Waals surface area contributed by atoms with Gasteiger partial charge in [-0.25, -0.2) is 9.97 Å². The maximum atomic E-state index is 13.1. The highest BCUT2D eigenvalue weighted by Gasteiger charge is 2.33. The number of hydrogen-bond donors (Lipinski definition) is 0. The molecule has 2 aliphatic heterocycles.